The molecule has 6 nitrogen and oxygen atoms in total. The fourth-order valence-corrected chi connectivity index (χ4v) is 3.53. The van der Waals surface area contributed by atoms with E-state index in [1.807, 2.05) is 65.4 Å². The first-order valence-electron chi connectivity index (χ1n) is 9.52. The van der Waals surface area contributed by atoms with E-state index in [1.165, 1.54) is 10.9 Å². The van der Waals surface area contributed by atoms with Gasteiger partial charge in [-0.25, -0.2) is 4.98 Å². The van der Waals surface area contributed by atoms with Gasteiger partial charge in [0, 0.05) is 30.2 Å². The van der Waals surface area contributed by atoms with E-state index in [9.17, 15) is 9.59 Å². The van der Waals surface area contributed by atoms with Gasteiger partial charge in [0.05, 0.1) is 17.2 Å². The molecule has 0 saturated carbocycles. The molecule has 0 unspecified atom stereocenters. The molecule has 0 aliphatic rings. The van der Waals surface area contributed by atoms with E-state index in [4.69, 9.17) is 0 Å². The van der Waals surface area contributed by atoms with Crippen molar-refractivity contribution in [3.05, 3.63) is 105 Å². The molecule has 0 aliphatic carbocycles. The van der Waals surface area contributed by atoms with Gasteiger partial charge in [-0.1, -0.05) is 52.3 Å². The van der Waals surface area contributed by atoms with Crippen molar-refractivity contribution in [2.45, 2.75) is 19.5 Å². The van der Waals surface area contributed by atoms with Crippen LogP contribution in [0.5, 0.6) is 0 Å². The molecule has 1 amide bonds. The number of hydrogen-bond donors (Lipinski definition) is 0. The Kier molecular flexibility index (Phi) is 5.99. The molecular formula is C23H19BrN4O2. The number of benzene rings is 2. The summed E-state index contributed by atoms with van der Waals surface area (Å²) in [6.45, 7) is 0.846. The molecule has 0 fully saturated rings. The van der Waals surface area contributed by atoms with Gasteiger partial charge in [0.15, 0.2) is 0 Å². The van der Waals surface area contributed by atoms with Gasteiger partial charge in [0.25, 0.3) is 5.56 Å². The lowest BCUT2D eigenvalue weighted by atomic mass is 10.2. The smallest absolute Gasteiger partial charge is 0.261 e. The number of fused-ring (bicyclic) bond motifs is 1. The normalized spacial score (nSPS) is 11.7. The van der Waals surface area contributed by atoms with E-state index in [0.717, 1.165) is 10.0 Å². The average molecular weight is 463 g/mol. The van der Waals surface area contributed by atoms with Crippen molar-refractivity contribution < 1.29 is 4.79 Å². The van der Waals surface area contributed by atoms with Gasteiger partial charge in [-0.3, -0.25) is 14.2 Å². The maximum Gasteiger partial charge on any atom is 0.261 e. The molecule has 4 aromatic rings. The predicted octanol–water partition coefficient (Wildman–Crippen LogP) is 3.53. The van der Waals surface area contributed by atoms with Crippen LogP contribution in [0, 0.1) is 0 Å². The van der Waals surface area contributed by atoms with Gasteiger partial charge in [-0.05, 0) is 35.9 Å². The first-order valence-corrected chi connectivity index (χ1v) is 10.3. The number of carbonyl (C=O) groups is 1. The van der Waals surface area contributed by atoms with Crippen LogP contribution in [0.25, 0.3) is 10.9 Å². The first kappa shape index (κ1) is 20.0. The molecule has 30 heavy (non-hydrogen) atoms. The van der Waals surface area contributed by atoms with E-state index in [0.29, 0.717) is 22.9 Å². The van der Waals surface area contributed by atoms with Crippen molar-refractivity contribution >= 4 is 32.7 Å². The van der Waals surface area contributed by atoms with Crippen LogP contribution in [0.1, 0.15) is 12.0 Å². The highest BCUT2D eigenvalue weighted by Gasteiger charge is 2.07. The second-order valence-electron chi connectivity index (χ2n) is 6.83. The minimum absolute atomic E-state index is 0.112. The number of hydrogen-bond acceptors (Lipinski definition) is 3. The molecule has 0 saturated heterocycles. The van der Waals surface area contributed by atoms with E-state index < -0.39 is 0 Å². The van der Waals surface area contributed by atoms with Crippen LogP contribution in [-0.4, -0.2) is 20.0 Å². The number of nitrogens with zero attached hydrogens (tertiary/aromatic N) is 4. The van der Waals surface area contributed by atoms with Crippen molar-refractivity contribution in [2.24, 2.45) is 4.99 Å². The summed E-state index contributed by atoms with van der Waals surface area (Å²) in [5, 5.41) is 0.514. The summed E-state index contributed by atoms with van der Waals surface area (Å²) in [7, 11) is 0. The number of aryl methyl sites for hydroxylation is 1. The zero-order valence-corrected chi connectivity index (χ0v) is 17.7. The topological polar surface area (TPSA) is 69.2 Å². The molecule has 2 aromatic carbocycles. The summed E-state index contributed by atoms with van der Waals surface area (Å²) in [5.74, 6) is -0.288. The van der Waals surface area contributed by atoms with Crippen LogP contribution in [-0.2, 0) is 17.9 Å². The molecule has 4 rings (SSSR count). The summed E-state index contributed by atoms with van der Waals surface area (Å²) < 4.78 is 4.18. The predicted molar refractivity (Wildman–Crippen MR) is 119 cm³/mol. The van der Waals surface area contributed by atoms with Crippen LogP contribution < -0.4 is 11.0 Å². The van der Waals surface area contributed by atoms with Crippen LogP contribution in [0.3, 0.4) is 0 Å². The lowest BCUT2D eigenvalue weighted by Crippen LogP contribution is -2.24. The molecule has 0 radical (unpaired) electrons. The summed E-state index contributed by atoms with van der Waals surface area (Å²) >= 11 is 3.37. The lowest BCUT2D eigenvalue weighted by Gasteiger charge is -2.08. The highest BCUT2D eigenvalue weighted by atomic mass is 79.9. The molecule has 2 heterocycles. The fraction of sp³-hybridized carbons (Fsp3) is 0.130. The number of pyridine rings is 1. The third-order valence-corrected chi connectivity index (χ3v) is 5.20. The third-order valence-electron chi connectivity index (χ3n) is 4.70. The molecular weight excluding hydrogens is 444 g/mol. The average Bonchev–Trinajstić information content (AvgIpc) is 2.76. The number of rotatable bonds is 5. The maximum atomic E-state index is 12.7. The van der Waals surface area contributed by atoms with Crippen molar-refractivity contribution in [1.82, 2.24) is 14.1 Å². The molecule has 0 atom stereocenters. The second-order valence-corrected chi connectivity index (χ2v) is 7.75. The standard InChI is InChI=1S/C23H19BrN4O2/c24-18-9-10-20-19(14-18)23(30)28(16-25-20)13-11-22(29)26-21-8-4-5-12-27(21)15-17-6-2-1-3-7-17/h1-10,12,14,16H,11,13,15H2. The summed E-state index contributed by atoms with van der Waals surface area (Å²) in [4.78, 5) is 33.7. The van der Waals surface area contributed by atoms with E-state index in [1.54, 1.807) is 12.1 Å². The van der Waals surface area contributed by atoms with Gasteiger partial charge in [0.2, 0.25) is 5.91 Å². The molecule has 0 N–H and O–H groups in total. The molecule has 7 heteroatoms. The van der Waals surface area contributed by atoms with Crippen LogP contribution in [0.4, 0.5) is 0 Å². The van der Waals surface area contributed by atoms with Crippen LogP contribution in [0.15, 0.2) is 93.5 Å². The summed E-state index contributed by atoms with van der Waals surface area (Å²) in [6.07, 6.45) is 3.49. The molecule has 0 aliphatic heterocycles. The van der Waals surface area contributed by atoms with Crippen molar-refractivity contribution in [1.29, 1.82) is 0 Å². The lowest BCUT2D eigenvalue weighted by molar-refractivity contribution is -0.118. The SMILES string of the molecule is O=C(CCn1cnc2ccc(Br)cc2c1=O)N=c1ccccn1Cc1ccccc1. The Morgan fingerprint density at radius 1 is 1.00 bits per heavy atom. The Hall–Kier alpha value is -3.32. The van der Waals surface area contributed by atoms with Crippen LogP contribution >= 0.6 is 15.9 Å². The summed E-state index contributed by atoms with van der Waals surface area (Å²) in [5.41, 5.74) is 2.16. The second kappa shape index (κ2) is 9.00. The minimum Gasteiger partial charge on any atom is -0.329 e. The zero-order valence-electron chi connectivity index (χ0n) is 16.1. The minimum atomic E-state index is -0.288. The number of carbonyl (C=O) groups excluding carboxylic acids is 1. The Balaban J connectivity index is 1.53. The largest absolute Gasteiger partial charge is 0.329 e. The molecule has 150 valence electrons. The Labute approximate surface area is 181 Å². The van der Waals surface area contributed by atoms with Crippen molar-refractivity contribution in [3.63, 3.8) is 0 Å². The van der Waals surface area contributed by atoms with Gasteiger partial charge in [-0.15, -0.1) is 0 Å². The van der Waals surface area contributed by atoms with Gasteiger partial charge < -0.3 is 4.57 Å². The highest BCUT2D eigenvalue weighted by Crippen LogP contribution is 2.14. The quantitative estimate of drug-likeness (QED) is 0.455. The third kappa shape index (κ3) is 4.63. The zero-order chi connectivity index (χ0) is 20.9. The monoisotopic (exact) mass is 462 g/mol. The Morgan fingerprint density at radius 3 is 2.63 bits per heavy atom. The fourth-order valence-electron chi connectivity index (χ4n) is 3.17. The Bertz CT molecular complexity index is 1330. The molecule has 0 bridgehead atoms. The highest BCUT2D eigenvalue weighted by molar-refractivity contribution is 9.10. The maximum absolute atomic E-state index is 12.7. The van der Waals surface area contributed by atoms with Gasteiger partial charge in [-0.2, -0.15) is 4.99 Å². The van der Waals surface area contributed by atoms with Gasteiger partial charge in [0.1, 0.15) is 5.49 Å². The van der Waals surface area contributed by atoms with E-state index in [-0.39, 0.29) is 24.4 Å². The number of aromatic nitrogens is 3. The van der Waals surface area contributed by atoms with Gasteiger partial charge >= 0.3 is 0 Å². The molecule has 2 aromatic heterocycles. The molecule has 0 spiro atoms. The van der Waals surface area contributed by atoms with E-state index in [2.05, 4.69) is 25.9 Å². The number of amides is 1. The van der Waals surface area contributed by atoms with Crippen molar-refractivity contribution in [2.75, 3.05) is 0 Å². The Morgan fingerprint density at radius 2 is 1.80 bits per heavy atom. The first-order chi connectivity index (χ1) is 14.6. The number of halogens is 1. The van der Waals surface area contributed by atoms with Crippen LogP contribution in [0.2, 0.25) is 0 Å². The van der Waals surface area contributed by atoms with E-state index >= 15 is 0 Å². The summed E-state index contributed by atoms with van der Waals surface area (Å²) in [6, 6.07) is 20.9. The van der Waals surface area contributed by atoms with Crippen molar-refractivity contribution in [3.8, 4) is 0 Å².